The van der Waals surface area contributed by atoms with Gasteiger partial charge in [0.05, 0.1) is 6.61 Å². The summed E-state index contributed by atoms with van der Waals surface area (Å²) in [6.45, 7) is 7.75. The topological polar surface area (TPSA) is 61.8 Å². The lowest BCUT2D eigenvalue weighted by atomic mass is 10.1. The van der Waals surface area contributed by atoms with Crippen molar-refractivity contribution < 1.29 is 23.8 Å². The average Bonchev–Trinajstić information content (AvgIpc) is 3.32. The quantitative estimate of drug-likeness (QED) is 0.0346. The number of carbonyl (C=O) groups is 2. The maximum absolute atomic E-state index is 12.8. The van der Waals surface area contributed by atoms with Crippen LogP contribution < -0.4 is 0 Å². The molecule has 0 aromatic rings. The van der Waals surface area contributed by atoms with Crippen LogP contribution in [0.2, 0.25) is 0 Å². The number of ether oxygens (including phenoxy) is 3. The molecule has 0 rings (SSSR count). The fraction of sp³-hybridized carbons (Fsp3) is 0.803. The molecule has 1 atom stereocenters. The first-order chi connectivity index (χ1) is 32.6. The van der Waals surface area contributed by atoms with E-state index < -0.39 is 6.10 Å². The van der Waals surface area contributed by atoms with Crippen molar-refractivity contribution >= 4 is 11.9 Å². The number of carbonyl (C=O) groups excluding carboxylic acids is 2. The molecule has 0 aromatic carbocycles. The first-order valence-corrected chi connectivity index (χ1v) is 28.8. The van der Waals surface area contributed by atoms with Gasteiger partial charge in [0.1, 0.15) is 6.61 Å². The van der Waals surface area contributed by atoms with E-state index in [1.54, 1.807) is 0 Å². The third-order valence-corrected chi connectivity index (χ3v) is 12.5. The number of allylic oxidation sites excluding steroid dienone is 10. The molecule has 0 saturated heterocycles. The molecule has 0 spiro atoms. The van der Waals surface area contributed by atoms with Crippen LogP contribution in [-0.2, 0) is 23.8 Å². The van der Waals surface area contributed by atoms with Gasteiger partial charge in [0.2, 0.25) is 0 Å². The number of esters is 2. The Morgan fingerprint density at radius 1 is 0.333 bits per heavy atom. The van der Waals surface area contributed by atoms with Gasteiger partial charge in [-0.05, 0) is 103 Å². The number of unbranched alkanes of at least 4 members (excludes halogenated alkanes) is 32. The zero-order chi connectivity index (χ0) is 47.7. The van der Waals surface area contributed by atoms with Gasteiger partial charge in [-0.15, -0.1) is 0 Å². The van der Waals surface area contributed by atoms with Gasteiger partial charge < -0.3 is 14.2 Å². The van der Waals surface area contributed by atoms with Crippen LogP contribution in [0.4, 0.5) is 0 Å². The minimum absolute atomic E-state index is 0.0755. The third-order valence-electron chi connectivity index (χ3n) is 12.5. The van der Waals surface area contributed by atoms with Gasteiger partial charge in [-0.25, -0.2) is 0 Å². The second-order valence-corrected chi connectivity index (χ2v) is 19.2. The molecule has 0 saturated carbocycles. The molecule has 0 heterocycles. The minimum atomic E-state index is -0.548. The predicted molar refractivity (Wildman–Crippen MR) is 288 cm³/mol. The molecule has 5 heteroatoms. The highest BCUT2D eigenvalue weighted by Gasteiger charge is 2.17. The van der Waals surface area contributed by atoms with Crippen molar-refractivity contribution in [3.05, 3.63) is 60.8 Å². The molecule has 66 heavy (non-hydrogen) atoms. The van der Waals surface area contributed by atoms with E-state index in [4.69, 9.17) is 14.2 Å². The van der Waals surface area contributed by atoms with Crippen molar-refractivity contribution in [1.82, 2.24) is 0 Å². The molecular formula is C61H110O5. The standard InChI is InChI=1S/C61H110O5/c1-4-7-10-13-16-19-22-25-27-29-30-31-33-35-38-41-44-47-50-53-56-64-57-59(66-61(63)55-52-49-46-43-40-36-24-21-18-15-12-9-6-3)58-65-60(62)54-51-48-45-42-39-37-34-32-28-26-23-20-17-14-11-8-5-2/h12,15,17,20-21,24-28,59H,4-11,13-14,16,18-19,22-23,29-58H2,1-3H3/b15-12-,20-17-,24-21-,27-25-,28-26-. The third kappa shape index (κ3) is 54.2. The molecule has 0 radical (unpaired) electrons. The van der Waals surface area contributed by atoms with Crippen LogP contribution in [0, 0.1) is 0 Å². The van der Waals surface area contributed by atoms with E-state index in [0.717, 1.165) is 70.6 Å². The van der Waals surface area contributed by atoms with Crippen molar-refractivity contribution in [2.24, 2.45) is 0 Å². The smallest absolute Gasteiger partial charge is 0.306 e. The lowest BCUT2D eigenvalue weighted by Gasteiger charge is -2.18. The summed E-state index contributed by atoms with van der Waals surface area (Å²) in [6.07, 6.45) is 72.4. The van der Waals surface area contributed by atoms with Crippen LogP contribution in [0.1, 0.15) is 290 Å². The Bertz CT molecular complexity index is 1130. The Labute approximate surface area is 411 Å². The van der Waals surface area contributed by atoms with Crippen LogP contribution >= 0.6 is 0 Å². The predicted octanol–water partition coefficient (Wildman–Crippen LogP) is 19.7. The highest BCUT2D eigenvalue weighted by atomic mass is 16.6. The SMILES string of the molecule is CCC/C=C\C/C=C\CCCCCCCC(=O)OC(COCCCCCCCCCCCC/C=C\CCCCCCCC)COC(=O)CCCCCCCCC/C=C\C/C=C\CCCCC. The van der Waals surface area contributed by atoms with E-state index in [-0.39, 0.29) is 25.2 Å². The summed E-state index contributed by atoms with van der Waals surface area (Å²) in [5, 5.41) is 0. The summed E-state index contributed by atoms with van der Waals surface area (Å²) in [6, 6.07) is 0. The molecule has 0 aliphatic carbocycles. The van der Waals surface area contributed by atoms with Gasteiger partial charge in [0.25, 0.3) is 0 Å². The molecule has 0 aliphatic rings. The molecule has 0 bridgehead atoms. The molecule has 5 nitrogen and oxygen atoms in total. The van der Waals surface area contributed by atoms with Crippen LogP contribution in [0.25, 0.3) is 0 Å². The van der Waals surface area contributed by atoms with E-state index in [9.17, 15) is 9.59 Å². The van der Waals surface area contributed by atoms with Gasteiger partial charge in [-0.1, -0.05) is 236 Å². The van der Waals surface area contributed by atoms with Crippen LogP contribution in [0.3, 0.4) is 0 Å². The molecule has 384 valence electrons. The van der Waals surface area contributed by atoms with E-state index in [0.29, 0.717) is 19.4 Å². The summed E-state index contributed by atoms with van der Waals surface area (Å²) >= 11 is 0. The van der Waals surface area contributed by atoms with Crippen molar-refractivity contribution in [3.8, 4) is 0 Å². The summed E-state index contributed by atoms with van der Waals surface area (Å²) in [7, 11) is 0. The first kappa shape index (κ1) is 63.6. The van der Waals surface area contributed by atoms with E-state index in [1.807, 2.05) is 0 Å². The highest BCUT2D eigenvalue weighted by Crippen LogP contribution is 2.15. The van der Waals surface area contributed by atoms with Crippen molar-refractivity contribution in [2.75, 3.05) is 19.8 Å². The van der Waals surface area contributed by atoms with Gasteiger partial charge in [0, 0.05) is 19.4 Å². The summed E-state index contributed by atoms with van der Waals surface area (Å²) in [5.74, 6) is -0.414. The number of rotatable bonds is 53. The number of hydrogen-bond acceptors (Lipinski definition) is 5. The highest BCUT2D eigenvalue weighted by molar-refractivity contribution is 5.70. The average molecular weight is 924 g/mol. The van der Waals surface area contributed by atoms with E-state index >= 15 is 0 Å². The molecule has 0 amide bonds. The van der Waals surface area contributed by atoms with Crippen molar-refractivity contribution in [2.45, 2.75) is 297 Å². The number of hydrogen-bond donors (Lipinski definition) is 0. The molecule has 0 N–H and O–H groups in total. The van der Waals surface area contributed by atoms with Crippen LogP contribution in [0.15, 0.2) is 60.8 Å². The van der Waals surface area contributed by atoms with Crippen molar-refractivity contribution in [1.29, 1.82) is 0 Å². The lowest BCUT2D eigenvalue weighted by molar-refractivity contribution is -0.163. The first-order valence-electron chi connectivity index (χ1n) is 28.8. The Morgan fingerprint density at radius 2 is 0.667 bits per heavy atom. The van der Waals surface area contributed by atoms with E-state index in [2.05, 4.69) is 81.5 Å². The second kappa shape index (κ2) is 56.9. The molecule has 1 unspecified atom stereocenters. The second-order valence-electron chi connectivity index (χ2n) is 19.2. The van der Waals surface area contributed by atoms with Crippen molar-refractivity contribution in [3.63, 3.8) is 0 Å². The Hall–Kier alpha value is -2.40. The summed E-state index contributed by atoms with van der Waals surface area (Å²) < 4.78 is 17.5. The Morgan fingerprint density at radius 3 is 1.11 bits per heavy atom. The summed E-state index contributed by atoms with van der Waals surface area (Å²) in [4.78, 5) is 25.5. The van der Waals surface area contributed by atoms with Gasteiger partial charge in [0.15, 0.2) is 6.10 Å². The van der Waals surface area contributed by atoms with E-state index in [1.165, 1.54) is 186 Å². The monoisotopic (exact) mass is 923 g/mol. The van der Waals surface area contributed by atoms with Crippen LogP contribution in [0.5, 0.6) is 0 Å². The molecule has 0 aromatic heterocycles. The molecular weight excluding hydrogens is 813 g/mol. The zero-order valence-corrected chi connectivity index (χ0v) is 44.2. The Kier molecular flexibility index (Phi) is 54.9. The maximum Gasteiger partial charge on any atom is 0.306 e. The normalized spacial score (nSPS) is 12.6. The lowest BCUT2D eigenvalue weighted by Crippen LogP contribution is -2.30. The maximum atomic E-state index is 12.8. The Balaban J connectivity index is 4.25. The van der Waals surface area contributed by atoms with Gasteiger partial charge in [-0.3, -0.25) is 9.59 Å². The fourth-order valence-corrected chi connectivity index (χ4v) is 8.16. The fourth-order valence-electron chi connectivity index (χ4n) is 8.16. The molecule has 0 aliphatic heterocycles. The van der Waals surface area contributed by atoms with Gasteiger partial charge >= 0.3 is 11.9 Å². The summed E-state index contributed by atoms with van der Waals surface area (Å²) in [5.41, 5.74) is 0. The van der Waals surface area contributed by atoms with Gasteiger partial charge in [-0.2, -0.15) is 0 Å². The minimum Gasteiger partial charge on any atom is -0.462 e. The zero-order valence-electron chi connectivity index (χ0n) is 44.2. The van der Waals surface area contributed by atoms with Crippen LogP contribution in [-0.4, -0.2) is 37.9 Å². The largest absolute Gasteiger partial charge is 0.462 e. The molecule has 0 fully saturated rings.